The molecule has 0 aromatic carbocycles. The van der Waals surface area contributed by atoms with Crippen molar-refractivity contribution < 1.29 is 0 Å². The molecule has 8 heteroatoms. The van der Waals surface area contributed by atoms with Gasteiger partial charge in [0.15, 0.2) is 0 Å². The largest absolute Gasteiger partial charge is 0.363 e. The molecule has 0 aliphatic heterocycles. The maximum absolute atomic E-state index is 6.07. The summed E-state index contributed by atoms with van der Waals surface area (Å²) in [6.45, 7) is 2.51. The van der Waals surface area contributed by atoms with Crippen molar-refractivity contribution in [3.63, 3.8) is 0 Å². The van der Waals surface area contributed by atoms with Crippen molar-refractivity contribution in [1.82, 2.24) is 24.6 Å². The lowest BCUT2D eigenvalue weighted by molar-refractivity contribution is 0.912. The molecule has 0 atom stereocenters. The number of hydrogen-bond acceptors (Lipinski definition) is 6. The Labute approximate surface area is 112 Å². The molecule has 0 unspecified atom stereocenters. The van der Waals surface area contributed by atoms with Gasteiger partial charge in [-0.3, -0.25) is 0 Å². The first-order chi connectivity index (χ1) is 8.75. The van der Waals surface area contributed by atoms with Crippen LogP contribution in [0.2, 0.25) is 5.15 Å². The fraction of sp³-hybridized carbons (Fsp3) is 0.200. The molecule has 92 valence electrons. The molecule has 3 aromatic heterocycles. The van der Waals surface area contributed by atoms with Crippen LogP contribution in [0.4, 0.5) is 5.82 Å². The molecule has 0 bridgehead atoms. The molecular formula is C10H9ClN6S. The van der Waals surface area contributed by atoms with Crippen LogP contribution in [0.3, 0.4) is 0 Å². The van der Waals surface area contributed by atoms with Crippen LogP contribution in [0.5, 0.6) is 0 Å². The van der Waals surface area contributed by atoms with Gasteiger partial charge in [-0.25, -0.2) is 4.98 Å². The Morgan fingerprint density at radius 3 is 3.11 bits per heavy atom. The highest BCUT2D eigenvalue weighted by atomic mass is 35.5. The summed E-state index contributed by atoms with van der Waals surface area (Å²) in [6, 6.07) is 0. The second-order valence-corrected chi connectivity index (χ2v) is 4.96. The lowest BCUT2D eigenvalue weighted by Gasteiger charge is -2.10. The Hall–Kier alpha value is -1.73. The topological polar surface area (TPSA) is 68.0 Å². The average Bonchev–Trinajstić information content (AvgIpc) is 3.00. The van der Waals surface area contributed by atoms with Gasteiger partial charge in [0.05, 0.1) is 6.54 Å². The fourth-order valence-electron chi connectivity index (χ4n) is 1.60. The molecule has 0 fully saturated rings. The fourth-order valence-corrected chi connectivity index (χ4v) is 2.33. The Bertz CT molecular complexity index is 677. The first-order valence-corrected chi connectivity index (χ1v) is 6.49. The van der Waals surface area contributed by atoms with Crippen LogP contribution in [0.15, 0.2) is 17.9 Å². The van der Waals surface area contributed by atoms with Crippen LogP contribution in [0.1, 0.15) is 10.6 Å². The van der Waals surface area contributed by atoms with Gasteiger partial charge >= 0.3 is 0 Å². The summed E-state index contributed by atoms with van der Waals surface area (Å²) in [4.78, 5) is 12.4. The van der Waals surface area contributed by atoms with E-state index in [1.54, 1.807) is 22.0 Å². The molecule has 3 aromatic rings. The smallest absolute Gasteiger partial charge is 0.255 e. The monoisotopic (exact) mass is 280 g/mol. The Balaban J connectivity index is 1.99. The lowest BCUT2D eigenvalue weighted by atomic mass is 10.3. The van der Waals surface area contributed by atoms with E-state index in [-0.39, 0.29) is 0 Å². The van der Waals surface area contributed by atoms with Crippen LogP contribution in [0.25, 0.3) is 5.78 Å². The van der Waals surface area contributed by atoms with E-state index in [4.69, 9.17) is 11.6 Å². The van der Waals surface area contributed by atoms with E-state index in [1.165, 1.54) is 6.33 Å². The summed E-state index contributed by atoms with van der Waals surface area (Å²) in [6.07, 6.45) is 3.23. The van der Waals surface area contributed by atoms with E-state index in [0.29, 0.717) is 17.5 Å². The predicted octanol–water partition coefficient (Wildman–Crippen LogP) is 2.15. The summed E-state index contributed by atoms with van der Waals surface area (Å²) in [5, 5.41) is 10.8. The summed E-state index contributed by atoms with van der Waals surface area (Å²) >= 11 is 7.66. The highest BCUT2D eigenvalue weighted by Crippen LogP contribution is 2.22. The normalized spacial score (nSPS) is 11.0. The third-order valence-electron chi connectivity index (χ3n) is 2.49. The zero-order chi connectivity index (χ0) is 12.5. The van der Waals surface area contributed by atoms with Crippen molar-refractivity contribution in [1.29, 1.82) is 0 Å². The highest BCUT2D eigenvalue weighted by molar-refractivity contribution is 7.09. The molecule has 0 aliphatic carbocycles. The second kappa shape index (κ2) is 4.51. The van der Waals surface area contributed by atoms with E-state index in [2.05, 4.69) is 25.4 Å². The minimum Gasteiger partial charge on any atom is -0.363 e. The number of thiazole rings is 1. The van der Waals surface area contributed by atoms with Gasteiger partial charge in [0.1, 0.15) is 22.3 Å². The van der Waals surface area contributed by atoms with Gasteiger partial charge in [0, 0.05) is 17.1 Å². The maximum Gasteiger partial charge on any atom is 0.255 e. The van der Waals surface area contributed by atoms with Crippen LogP contribution in [-0.2, 0) is 6.54 Å². The molecule has 0 saturated heterocycles. The van der Waals surface area contributed by atoms with Crippen molar-refractivity contribution in [3.8, 4) is 0 Å². The molecule has 0 amide bonds. The van der Waals surface area contributed by atoms with Crippen molar-refractivity contribution in [2.75, 3.05) is 5.32 Å². The van der Waals surface area contributed by atoms with Crippen molar-refractivity contribution in [3.05, 3.63) is 33.6 Å². The molecule has 18 heavy (non-hydrogen) atoms. The molecule has 0 aliphatic rings. The van der Waals surface area contributed by atoms with Gasteiger partial charge in [0.2, 0.25) is 0 Å². The van der Waals surface area contributed by atoms with Crippen LogP contribution >= 0.6 is 22.9 Å². The number of rotatable bonds is 3. The third-order valence-corrected chi connectivity index (χ3v) is 3.64. The summed E-state index contributed by atoms with van der Waals surface area (Å²) in [5.74, 6) is 1.27. The lowest BCUT2D eigenvalue weighted by Crippen LogP contribution is -2.08. The van der Waals surface area contributed by atoms with Gasteiger partial charge in [-0.15, -0.1) is 11.3 Å². The third kappa shape index (κ3) is 1.91. The number of nitrogens with one attached hydrogen (secondary N) is 1. The van der Waals surface area contributed by atoms with Gasteiger partial charge < -0.3 is 5.32 Å². The number of halogens is 1. The first kappa shape index (κ1) is 11.4. The molecule has 6 nitrogen and oxygen atoms in total. The number of nitrogens with zero attached hydrogens (tertiary/aromatic N) is 5. The zero-order valence-corrected chi connectivity index (χ0v) is 11.0. The second-order valence-electron chi connectivity index (χ2n) is 3.63. The maximum atomic E-state index is 6.07. The molecule has 3 heterocycles. The van der Waals surface area contributed by atoms with Crippen LogP contribution < -0.4 is 5.32 Å². The van der Waals surface area contributed by atoms with E-state index >= 15 is 0 Å². The van der Waals surface area contributed by atoms with Crippen molar-refractivity contribution >= 4 is 34.5 Å². The molecule has 0 spiro atoms. The molecule has 0 saturated carbocycles. The Morgan fingerprint density at radius 1 is 1.44 bits per heavy atom. The van der Waals surface area contributed by atoms with E-state index in [9.17, 15) is 0 Å². The number of aromatic nitrogens is 5. The van der Waals surface area contributed by atoms with Gasteiger partial charge in [0.25, 0.3) is 5.78 Å². The molecule has 1 N–H and O–H groups in total. The number of fused-ring (bicyclic) bond motifs is 1. The Kier molecular flexibility index (Phi) is 2.85. The van der Waals surface area contributed by atoms with Crippen molar-refractivity contribution in [2.24, 2.45) is 0 Å². The summed E-state index contributed by atoms with van der Waals surface area (Å²) in [5.41, 5.74) is 0.839. The van der Waals surface area contributed by atoms with Gasteiger partial charge in [-0.2, -0.15) is 19.6 Å². The number of anilines is 1. The quantitative estimate of drug-likeness (QED) is 0.745. The zero-order valence-electron chi connectivity index (χ0n) is 9.46. The highest BCUT2D eigenvalue weighted by Gasteiger charge is 2.12. The molecule has 3 rings (SSSR count). The van der Waals surface area contributed by atoms with Crippen molar-refractivity contribution in [2.45, 2.75) is 13.5 Å². The molecular weight excluding hydrogens is 272 g/mol. The standard InChI is InChI=1S/C10H9ClN6S/c1-6-8(11)16-10-14-5-15-17(10)9(6)13-4-7-12-2-3-18-7/h2-3,5,13H,4H2,1H3. The summed E-state index contributed by atoms with van der Waals surface area (Å²) < 4.78 is 1.63. The Morgan fingerprint density at radius 2 is 2.33 bits per heavy atom. The van der Waals surface area contributed by atoms with E-state index < -0.39 is 0 Å². The van der Waals surface area contributed by atoms with E-state index in [0.717, 1.165) is 16.4 Å². The van der Waals surface area contributed by atoms with Crippen LogP contribution in [0, 0.1) is 6.92 Å². The summed E-state index contributed by atoms with van der Waals surface area (Å²) in [7, 11) is 0. The number of hydrogen-bond donors (Lipinski definition) is 1. The van der Waals surface area contributed by atoms with Gasteiger partial charge in [-0.1, -0.05) is 11.6 Å². The molecule has 0 radical (unpaired) electrons. The van der Waals surface area contributed by atoms with Crippen LogP contribution in [-0.4, -0.2) is 24.6 Å². The average molecular weight is 281 g/mol. The SMILES string of the molecule is Cc1c(Cl)nc2ncnn2c1NCc1nccs1. The minimum atomic E-state index is 0.428. The first-order valence-electron chi connectivity index (χ1n) is 5.24. The van der Waals surface area contributed by atoms with Gasteiger partial charge in [-0.05, 0) is 6.92 Å². The minimum absolute atomic E-state index is 0.428. The van der Waals surface area contributed by atoms with E-state index in [1.807, 2.05) is 12.3 Å². The predicted molar refractivity (Wildman–Crippen MR) is 70.0 cm³/mol.